The van der Waals surface area contributed by atoms with Gasteiger partial charge in [0.2, 0.25) is 0 Å². The fourth-order valence-electron chi connectivity index (χ4n) is 0.160. The van der Waals surface area contributed by atoms with Gasteiger partial charge in [0.05, 0.1) is 12.5 Å². The maximum atomic E-state index is 9.91. The molecule has 0 aromatic heterocycles. The van der Waals surface area contributed by atoms with Crippen LogP contribution in [0.3, 0.4) is 0 Å². The molecule has 0 aromatic carbocycles. The first kappa shape index (κ1) is 8.34. The van der Waals surface area contributed by atoms with Crippen molar-refractivity contribution < 1.29 is 18.3 Å². The lowest BCUT2D eigenvalue weighted by Gasteiger charge is -2.00. The van der Waals surface area contributed by atoms with E-state index in [1.54, 1.807) is 0 Å². The molecule has 0 heterocycles. The summed E-state index contributed by atoms with van der Waals surface area (Å²) in [6, 6.07) is 0. The van der Waals surface area contributed by atoms with E-state index in [-0.39, 0.29) is 0 Å². The lowest BCUT2D eigenvalue weighted by atomic mass is 10.7. The summed E-state index contributed by atoms with van der Waals surface area (Å²) in [5.41, 5.74) is 0. The number of carbonyl (C=O) groups excluding carboxylic acids is 1. The summed E-state index contributed by atoms with van der Waals surface area (Å²) in [7, 11) is -3.89. The second-order valence-corrected chi connectivity index (χ2v) is 2.62. The number of nitrogens with two attached hydrogens (primary N) is 1. The Labute approximate surface area is 51.8 Å². The summed E-state index contributed by atoms with van der Waals surface area (Å²) in [4.78, 5) is 9.55. The second kappa shape index (κ2) is 2.76. The van der Waals surface area contributed by atoms with Gasteiger partial charge in [0.25, 0.3) is 10.2 Å². The Kier molecular flexibility index (Phi) is 2.56. The zero-order valence-corrected chi connectivity index (χ0v) is 5.14. The average molecular weight is 153 g/mol. The van der Waals surface area contributed by atoms with E-state index < -0.39 is 22.7 Å². The van der Waals surface area contributed by atoms with Gasteiger partial charge in [-0.2, -0.15) is 13.1 Å². The number of nitrogens with one attached hydrogen (secondary N) is 1. The number of carboxylic acid groups (broad SMARTS) is 1. The lowest BCUT2D eigenvalue weighted by Crippen LogP contribution is -2.40. The van der Waals surface area contributed by atoms with E-state index in [2.05, 4.69) is 5.14 Å². The molecule has 0 saturated carbocycles. The van der Waals surface area contributed by atoms with Crippen molar-refractivity contribution in [2.24, 2.45) is 5.14 Å². The molecule has 0 spiro atoms. The van der Waals surface area contributed by atoms with Crippen molar-refractivity contribution in [3.63, 3.8) is 0 Å². The number of hydrogen-bond donors (Lipinski definition) is 2. The van der Waals surface area contributed by atoms with Crippen molar-refractivity contribution >= 4 is 16.2 Å². The number of carbonyl (C=O) groups is 1. The first-order valence-corrected chi connectivity index (χ1v) is 3.43. The summed E-state index contributed by atoms with van der Waals surface area (Å²) in [6.07, 6.45) is 0. The highest BCUT2D eigenvalue weighted by atomic mass is 32.2. The molecule has 0 aliphatic carbocycles. The van der Waals surface area contributed by atoms with Crippen LogP contribution in [0.4, 0.5) is 0 Å². The van der Waals surface area contributed by atoms with Gasteiger partial charge in [-0.05, 0) is 0 Å². The Balaban J connectivity index is 3.67. The third-order valence-electron chi connectivity index (χ3n) is 0.418. The van der Waals surface area contributed by atoms with Crippen molar-refractivity contribution in [2.45, 2.75) is 0 Å². The summed E-state index contributed by atoms with van der Waals surface area (Å²) in [6.45, 7) is -0.793. The van der Waals surface area contributed by atoms with Crippen LogP contribution in [0.2, 0.25) is 0 Å². The Morgan fingerprint density at radius 3 is 2.22 bits per heavy atom. The first-order chi connectivity index (χ1) is 3.92. The standard InChI is InChI=1S/C2H6N2O4S/c3-9(7,8)4-1-2(5)6/h4H,1H2,(H,5,6)(H2,3,7,8)/p-1. The third-order valence-corrected chi connectivity index (χ3v) is 0.964. The fraction of sp³-hybridized carbons (Fsp3) is 0.500. The normalized spacial score (nSPS) is 11.2. The zero-order chi connectivity index (χ0) is 7.49. The zero-order valence-electron chi connectivity index (χ0n) is 4.33. The quantitative estimate of drug-likeness (QED) is 0.438. The van der Waals surface area contributed by atoms with Gasteiger partial charge in [0, 0.05) is 0 Å². The van der Waals surface area contributed by atoms with Crippen molar-refractivity contribution in [1.29, 1.82) is 0 Å². The van der Waals surface area contributed by atoms with Crippen LogP contribution in [-0.2, 0) is 15.0 Å². The van der Waals surface area contributed by atoms with E-state index >= 15 is 0 Å². The highest BCUT2D eigenvalue weighted by Crippen LogP contribution is 1.62. The number of aliphatic carboxylic acids is 1. The summed E-state index contributed by atoms with van der Waals surface area (Å²) >= 11 is 0. The van der Waals surface area contributed by atoms with E-state index in [1.807, 2.05) is 0 Å². The predicted molar refractivity (Wildman–Crippen MR) is 26.1 cm³/mol. The van der Waals surface area contributed by atoms with Gasteiger partial charge in [-0.25, -0.2) is 5.14 Å². The van der Waals surface area contributed by atoms with Gasteiger partial charge < -0.3 is 9.90 Å². The minimum atomic E-state index is -3.89. The highest BCUT2D eigenvalue weighted by molar-refractivity contribution is 7.87. The molecular weight excluding hydrogens is 148 g/mol. The fourth-order valence-corrected chi connectivity index (χ4v) is 0.479. The molecule has 0 fully saturated rings. The maximum absolute atomic E-state index is 9.91. The first-order valence-electron chi connectivity index (χ1n) is 1.89. The van der Waals surface area contributed by atoms with E-state index in [9.17, 15) is 18.3 Å². The Morgan fingerprint density at radius 1 is 1.67 bits per heavy atom. The van der Waals surface area contributed by atoms with Crippen LogP contribution >= 0.6 is 0 Å². The topological polar surface area (TPSA) is 112 Å². The van der Waals surface area contributed by atoms with Gasteiger partial charge >= 0.3 is 0 Å². The van der Waals surface area contributed by atoms with Crippen LogP contribution in [0.25, 0.3) is 0 Å². The van der Waals surface area contributed by atoms with Crippen molar-refractivity contribution in [3.05, 3.63) is 0 Å². The second-order valence-electron chi connectivity index (χ2n) is 1.24. The molecule has 0 saturated heterocycles. The third kappa shape index (κ3) is 7.34. The Morgan fingerprint density at radius 2 is 2.11 bits per heavy atom. The molecule has 7 heteroatoms. The summed E-state index contributed by atoms with van der Waals surface area (Å²) in [5.74, 6) is -1.52. The highest BCUT2D eigenvalue weighted by Gasteiger charge is 1.97. The van der Waals surface area contributed by atoms with Crippen molar-refractivity contribution in [3.8, 4) is 0 Å². The van der Waals surface area contributed by atoms with Crippen LogP contribution in [0.1, 0.15) is 0 Å². The molecule has 0 radical (unpaired) electrons. The molecule has 0 aliphatic heterocycles. The molecule has 0 unspecified atom stereocenters. The largest absolute Gasteiger partial charge is 0.549 e. The Bertz CT molecular complexity index is 195. The van der Waals surface area contributed by atoms with Crippen LogP contribution in [0.15, 0.2) is 0 Å². The molecule has 3 N–H and O–H groups in total. The molecule has 0 amide bonds. The molecule has 0 rings (SSSR count). The Hall–Kier alpha value is -0.660. The van der Waals surface area contributed by atoms with E-state index in [1.165, 1.54) is 4.72 Å². The van der Waals surface area contributed by atoms with E-state index in [4.69, 9.17) is 0 Å². The van der Waals surface area contributed by atoms with Crippen LogP contribution < -0.4 is 15.0 Å². The predicted octanol–water partition coefficient (Wildman–Crippen LogP) is -3.47. The molecule has 0 atom stereocenters. The molecular formula is C2H5N2O4S-. The van der Waals surface area contributed by atoms with Crippen LogP contribution in [-0.4, -0.2) is 20.9 Å². The van der Waals surface area contributed by atoms with Crippen LogP contribution in [0, 0.1) is 0 Å². The molecule has 9 heavy (non-hydrogen) atoms. The molecule has 54 valence electrons. The number of rotatable bonds is 3. The lowest BCUT2D eigenvalue weighted by molar-refractivity contribution is -0.303. The molecule has 6 nitrogen and oxygen atoms in total. The van der Waals surface area contributed by atoms with Crippen molar-refractivity contribution in [2.75, 3.05) is 6.54 Å². The molecule has 0 aromatic rings. The average Bonchev–Trinajstić information content (AvgIpc) is 1.59. The molecule has 0 aliphatic rings. The van der Waals surface area contributed by atoms with Gasteiger partial charge in [-0.15, -0.1) is 0 Å². The van der Waals surface area contributed by atoms with Gasteiger partial charge in [0.1, 0.15) is 0 Å². The van der Waals surface area contributed by atoms with E-state index in [0.717, 1.165) is 0 Å². The number of hydrogen-bond acceptors (Lipinski definition) is 4. The van der Waals surface area contributed by atoms with Gasteiger partial charge in [-0.3, -0.25) is 0 Å². The SMILES string of the molecule is NS(=O)(=O)NCC(=O)[O-]. The van der Waals surface area contributed by atoms with Gasteiger partial charge in [-0.1, -0.05) is 0 Å². The van der Waals surface area contributed by atoms with Crippen LogP contribution in [0.5, 0.6) is 0 Å². The maximum Gasteiger partial charge on any atom is 0.274 e. The summed E-state index contributed by atoms with van der Waals surface area (Å²) < 4.78 is 21.3. The van der Waals surface area contributed by atoms with E-state index in [0.29, 0.717) is 0 Å². The number of carboxylic acids is 1. The van der Waals surface area contributed by atoms with Crippen molar-refractivity contribution in [1.82, 2.24) is 4.72 Å². The van der Waals surface area contributed by atoms with Gasteiger partial charge in [0.15, 0.2) is 0 Å². The monoisotopic (exact) mass is 153 g/mol. The smallest absolute Gasteiger partial charge is 0.274 e. The molecule has 0 bridgehead atoms. The minimum absolute atomic E-state index is 0.793. The summed E-state index contributed by atoms with van der Waals surface area (Å²) in [5, 5.41) is 13.9. The minimum Gasteiger partial charge on any atom is -0.549 e.